The lowest BCUT2D eigenvalue weighted by molar-refractivity contribution is -0.138. The number of halogens is 6. The zero-order valence-corrected chi connectivity index (χ0v) is 14.7. The molecular weight excluding hydrogens is 402 g/mol. The summed E-state index contributed by atoms with van der Waals surface area (Å²) in [6, 6.07) is 8.39. The van der Waals surface area contributed by atoms with E-state index in [-0.39, 0.29) is 28.8 Å². The Morgan fingerprint density at radius 1 is 0.828 bits per heavy atom. The molecule has 152 valence electrons. The Balaban J connectivity index is 1.99. The van der Waals surface area contributed by atoms with Gasteiger partial charge in [0.1, 0.15) is 5.75 Å². The molecule has 0 aliphatic heterocycles. The Kier molecular flexibility index (Phi) is 5.36. The molecule has 10 heteroatoms. The second-order valence-corrected chi connectivity index (χ2v) is 5.77. The third kappa shape index (κ3) is 4.76. The molecule has 3 rings (SSSR count). The maximum absolute atomic E-state index is 12.9. The molecule has 29 heavy (non-hydrogen) atoms. The maximum atomic E-state index is 12.9. The van der Waals surface area contributed by atoms with Crippen molar-refractivity contribution in [2.24, 2.45) is 0 Å². The molecule has 0 aliphatic carbocycles. The summed E-state index contributed by atoms with van der Waals surface area (Å²) < 4.78 is 87.8. The van der Waals surface area contributed by atoms with E-state index in [0.717, 1.165) is 36.5 Å². The number of ether oxygens (including phenoxy) is 2. The van der Waals surface area contributed by atoms with E-state index in [1.165, 1.54) is 25.3 Å². The summed E-state index contributed by atoms with van der Waals surface area (Å²) in [6.45, 7) is 0. The van der Waals surface area contributed by atoms with Gasteiger partial charge in [-0.05, 0) is 30.3 Å². The van der Waals surface area contributed by atoms with Crippen molar-refractivity contribution < 1.29 is 35.8 Å². The minimum absolute atomic E-state index is 0.00172. The van der Waals surface area contributed by atoms with Crippen molar-refractivity contribution in [1.82, 2.24) is 9.97 Å². The van der Waals surface area contributed by atoms with Crippen LogP contribution in [0.5, 0.6) is 17.4 Å². The van der Waals surface area contributed by atoms with Crippen molar-refractivity contribution >= 4 is 0 Å². The lowest BCUT2D eigenvalue weighted by Gasteiger charge is -2.13. The standard InChI is InChI=1S/C19H12F6N2O2/c1-28-15-10-26-16(11-4-2-5-12(8-11)18(20,21)22)27-17(15)29-14-7-3-6-13(9-14)19(23,24)25/h2-10H,1H3. The summed E-state index contributed by atoms with van der Waals surface area (Å²) >= 11 is 0. The first-order valence-corrected chi connectivity index (χ1v) is 8.01. The topological polar surface area (TPSA) is 44.2 Å². The number of hydrogen-bond acceptors (Lipinski definition) is 4. The Morgan fingerprint density at radius 2 is 1.45 bits per heavy atom. The van der Waals surface area contributed by atoms with Crippen LogP contribution >= 0.6 is 0 Å². The fourth-order valence-electron chi connectivity index (χ4n) is 2.39. The van der Waals surface area contributed by atoms with E-state index < -0.39 is 23.5 Å². The summed E-state index contributed by atoms with van der Waals surface area (Å²) in [6.07, 6.45) is -7.97. The number of aromatic nitrogens is 2. The van der Waals surface area contributed by atoms with Gasteiger partial charge < -0.3 is 9.47 Å². The van der Waals surface area contributed by atoms with E-state index in [9.17, 15) is 26.3 Å². The predicted octanol–water partition coefficient (Wildman–Crippen LogP) is 5.98. The molecule has 0 aliphatic rings. The highest BCUT2D eigenvalue weighted by Crippen LogP contribution is 2.36. The SMILES string of the molecule is COc1cnc(-c2cccc(C(F)(F)F)c2)nc1Oc1cccc(C(F)(F)F)c1. The van der Waals surface area contributed by atoms with Gasteiger partial charge in [-0.25, -0.2) is 4.98 Å². The largest absolute Gasteiger partial charge is 0.490 e. The molecule has 4 nitrogen and oxygen atoms in total. The van der Waals surface area contributed by atoms with Crippen molar-refractivity contribution in [1.29, 1.82) is 0 Å². The van der Waals surface area contributed by atoms with Gasteiger partial charge in [0.15, 0.2) is 11.6 Å². The molecule has 2 aromatic carbocycles. The first kappa shape index (κ1) is 20.4. The monoisotopic (exact) mass is 414 g/mol. The van der Waals surface area contributed by atoms with Crippen molar-refractivity contribution in [2.45, 2.75) is 12.4 Å². The van der Waals surface area contributed by atoms with Gasteiger partial charge in [-0.1, -0.05) is 18.2 Å². The first-order chi connectivity index (χ1) is 13.6. The number of rotatable bonds is 4. The maximum Gasteiger partial charge on any atom is 0.416 e. The molecular formula is C19H12F6N2O2. The molecule has 0 saturated heterocycles. The molecule has 0 unspecified atom stereocenters. The number of benzene rings is 2. The lowest BCUT2D eigenvalue weighted by Crippen LogP contribution is -2.05. The van der Waals surface area contributed by atoms with Crippen LogP contribution in [0.2, 0.25) is 0 Å². The van der Waals surface area contributed by atoms with Crippen LogP contribution in [0.1, 0.15) is 11.1 Å². The van der Waals surface area contributed by atoms with Crippen molar-refractivity contribution in [3.05, 3.63) is 65.9 Å². The van der Waals surface area contributed by atoms with E-state index in [4.69, 9.17) is 9.47 Å². The van der Waals surface area contributed by atoms with Crippen LogP contribution in [-0.2, 0) is 12.4 Å². The second-order valence-electron chi connectivity index (χ2n) is 5.77. The minimum Gasteiger partial charge on any atom is -0.490 e. The Bertz CT molecular complexity index is 1020. The van der Waals surface area contributed by atoms with Gasteiger partial charge in [0.2, 0.25) is 0 Å². The van der Waals surface area contributed by atoms with Gasteiger partial charge in [-0.3, -0.25) is 0 Å². The molecule has 0 saturated carbocycles. The van der Waals surface area contributed by atoms with Crippen LogP contribution in [0.4, 0.5) is 26.3 Å². The summed E-state index contributed by atoms with van der Waals surface area (Å²) in [5.41, 5.74) is -1.77. The molecule has 1 aromatic heterocycles. The molecule has 0 atom stereocenters. The van der Waals surface area contributed by atoms with Crippen LogP contribution in [0.15, 0.2) is 54.7 Å². The van der Waals surface area contributed by atoms with E-state index in [1.54, 1.807) is 0 Å². The smallest absolute Gasteiger partial charge is 0.416 e. The predicted molar refractivity (Wildman–Crippen MR) is 90.5 cm³/mol. The lowest BCUT2D eigenvalue weighted by atomic mass is 10.1. The van der Waals surface area contributed by atoms with Gasteiger partial charge in [-0.15, -0.1) is 0 Å². The van der Waals surface area contributed by atoms with E-state index >= 15 is 0 Å². The summed E-state index contributed by atoms with van der Waals surface area (Å²) in [4.78, 5) is 7.96. The molecule has 0 radical (unpaired) electrons. The van der Waals surface area contributed by atoms with Crippen LogP contribution in [-0.4, -0.2) is 17.1 Å². The van der Waals surface area contributed by atoms with Gasteiger partial charge in [0.25, 0.3) is 5.88 Å². The fourth-order valence-corrected chi connectivity index (χ4v) is 2.39. The van der Waals surface area contributed by atoms with Crippen LogP contribution in [0.25, 0.3) is 11.4 Å². The first-order valence-electron chi connectivity index (χ1n) is 8.01. The Morgan fingerprint density at radius 3 is 2.07 bits per heavy atom. The highest BCUT2D eigenvalue weighted by atomic mass is 19.4. The number of hydrogen-bond donors (Lipinski definition) is 0. The van der Waals surface area contributed by atoms with Gasteiger partial charge >= 0.3 is 12.4 Å². The van der Waals surface area contributed by atoms with E-state index in [2.05, 4.69) is 9.97 Å². The zero-order valence-electron chi connectivity index (χ0n) is 14.7. The Labute approximate surface area is 160 Å². The highest BCUT2D eigenvalue weighted by molar-refractivity contribution is 5.58. The van der Waals surface area contributed by atoms with E-state index in [1.807, 2.05) is 0 Å². The van der Waals surface area contributed by atoms with Crippen molar-refractivity contribution in [3.8, 4) is 28.8 Å². The molecule has 0 amide bonds. The molecule has 1 heterocycles. The van der Waals surface area contributed by atoms with Gasteiger partial charge in [0, 0.05) is 5.56 Å². The van der Waals surface area contributed by atoms with Crippen LogP contribution < -0.4 is 9.47 Å². The molecule has 0 N–H and O–H groups in total. The second kappa shape index (κ2) is 7.61. The zero-order chi connectivity index (χ0) is 21.2. The average molecular weight is 414 g/mol. The van der Waals surface area contributed by atoms with Crippen molar-refractivity contribution in [2.75, 3.05) is 7.11 Å². The van der Waals surface area contributed by atoms with E-state index in [0.29, 0.717) is 0 Å². The Hall–Kier alpha value is -3.30. The number of methoxy groups -OCH3 is 1. The quantitative estimate of drug-likeness (QED) is 0.493. The van der Waals surface area contributed by atoms with Crippen LogP contribution in [0, 0.1) is 0 Å². The summed E-state index contributed by atoms with van der Waals surface area (Å²) in [7, 11) is 1.27. The number of nitrogens with zero attached hydrogens (tertiary/aromatic N) is 2. The molecule has 3 aromatic rings. The molecule has 0 spiro atoms. The third-order valence-electron chi connectivity index (χ3n) is 3.77. The van der Waals surface area contributed by atoms with Crippen LogP contribution in [0.3, 0.4) is 0 Å². The van der Waals surface area contributed by atoms with Gasteiger partial charge in [0.05, 0.1) is 24.4 Å². The highest BCUT2D eigenvalue weighted by Gasteiger charge is 2.31. The normalized spacial score (nSPS) is 12.0. The minimum atomic E-state index is -4.57. The van der Waals surface area contributed by atoms with Crippen molar-refractivity contribution in [3.63, 3.8) is 0 Å². The van der Waals surface area contributed by atoms with Gasteiger partial charge in [-0.2, -0.15) is 31.3 Å². The number of alkyl halides is 6. The summed E-state index contributed by atoms with van der Waals surface area (Å²) in [5.74, 6) is -0.530. The molecule has 0 bridgehead atoms. The third-order valence-corrected chi connectivity index (χ3v) is 3.77. The average Bonchev–Trinajstić information content (AvgIpc) is 2.67. The summed E-state index contributed by atoms with van der Waals surface area (Å²) in [5, 5.41) is 0. The molecule has 0 fully saturated rings. The fraction of sp³-hybridized carbons (Fsp3) is 0.158.